The molecular weight excluding hydrogens is 367 g/mol. The SMILES string of the molecule is N#Cc1nc(NCc2ccc(-n3ccc(C(F)(F)F)n3)cc2)ccc1Cl. The molecule has 3 rings (SSSR count). The number of nitrogens with zero attached hydrogens (tertiary/aromatic N) is 4. The van der Waals surface area contributed by atoms with Gasteiger partial charge in [0.1, 0.15) is 11.9 Å². The molecule has 0 aliphatic heterocycles. The predicted molar refractivity (Wildman–Crippen MR) is 89.9 cm³/mol. The molecule has 0 fully saturated rings. The zero-order valence-corrected chi connectivity index (χ0v) is 13.9. The van der Waals surface area contributed by atoms with Crippen LogP contribution in [0.1, 0.15) is 17.0 Å². The van der Waals surface area contributed by atoms with E-state index in [2.05, 4.69) is 15.4 Å². The maximum Gasteiger partial charge on any atom is 0.435 e. The van der Waals surface area contributed by atoms with Crippen LogP contribution in [-0.4, -0.2) is 14.8 Å². The van der Waals surface area contributed by atoms with Gasteiger partial charge in [0.25, 0.3) is 0 Å². The molecule has 0 saturated heterocycles. The second-order valence-corrected chi connectivity index (χ2v) is 5.71. The Labute approximate surface area is 151 Å². The van der Waals surface area contributed by atoms with Crippen LogP contribution in [0.5, 0.6) is 0 Å². The first kappa shape index (κ1) is 17.8. The molecule has 1 aromatic carbocycles. The van der Waals surface area contributed by atoms with Gasteiger partial charge in [0.15, 0.2) is 11.4 Å². The van der Waals surface area contributed by atoms with Crippen LogP contribution in [0.25, 0.3) is 5.69 Å². The van der Waals surface area contributed by atoms with E-state index in [0.29, 0.717) is 18.1 Å². The molecule has 0 atom stereocenters. The fourth-order valence-electron chi connectivity index (χ4n) is 2.20. The van der Waals surface area contributed by atoms with Gasteiger partial charge in [-0.25, -0.2) is 9.67 Å². The number of anilines is 1. The standard InChI is InChI=1S/C17H11ClF3N5/c18-13-5-6-16(24-14(13)9-22)23-10-11-1-3-12(4-2-11)26-8-7-15(25-26)17(19,20)21/h1-8H,10H2,(H,23,24). The van der Waals surface area contributed by atoms with E-state index in [9.17, 15) is 13.2 Å². The van der Waals surface area contributed by atoms with Crippen molar-refractivity contribution in [3.05, 3.63) is 70.6 Å². The maximum absolute atomic E-state index is 12.6. The average molecular weight is 378 g/mol. The van der Waals surface area contributed by atoms with Gasteiger partial charge in [0.05, 0.1) is 10.7 Å². The summed E-state index contributed by atoms with van der Waals surface area (Å²) >= 11 is 5.83. The predicted octanol–water partition coefficient (Wildman–Crippen LogP) is 4.42. The highest BCUT2D eigenvalue weighted by Gasteiger charge is 2.33. The van der Waals surface area contributed by atoms with Gasteiger partial charge in [-0.05, 0) is 35.9 Å². The zero-order valence-electron chi connectivity index (χ0n) is 13.1. The number of nitrogens with one attached hydrogen (secondary N) is 1. The zero-order chi connectivity index (χ0) is 18.7. The molecule has 0 unspecified atom stereocenters. The number of halogens is 4. The Morgan fingerprint density at radius 2 is 1.85 bits per heavy atom. The molecule has 0 radical (unpaired) electrons. The molecule has 0 bridgehead atoms. The summed E-state index contributed by atoms with van der Waals surface area (Å²) in [6, 6.07) is 12.9. The first-order chi connectivity index (χ1) is 12.4. The van der Waals surface area contributed by atoms with Gasteiger partial charge >= 0.3 is 6.18 Å². The van der Waals surface area contributed by atoms with Gasteiger partial charge in [0, 0.05) is 12.7 Å². The Balaban J connectivity index is 1.68. The van der Waals surface area contributed by atoms with Crippen molar-refractivity contribution in [1.29, 1.82) is 5.26 Å². The highest BCUT2D eigenvalue weighted by Crippen LogP contribution is 2.27. The fourth-order valence-corrected chi connectivity index (χ4v) is 2.34. The van der Waals surface area contributed by atoms with E-state index in [0.717, 1.165) is 11.6 Å². The van der Waals surface area contributed by atoms with E-state index in [4.69, 9.17) is 16.9 Å². The lowest BCUT2D eigenvalue weighted by Crippen LogP contribution is -2.07. The van der Waals surface area contributed by atoms with E-state index in [1.165, 1.54) is 10.9 Å². The topological polar surface area (TPSA) is 66.5 Å². The minimum absolute atomic E-state index is 0.131. The molecule has 132 valence electrons. The second-order valence-electron chi connectivity index (χ2n) is 5.30. The van der Waals surface area contributed by atoms with Gasteiger partial charge in [-0.1, -0.05) is 23.7 Å². The lowest BCUT2D eigenvalue weighted by molar-refractivity contribution is -0.141. The molecule has 1 N–H and O–H groups in total. The van der Waals surface area contributed by atoms with Crippen molar-refractivity contribution in [2.75, 3.05) is 5.32 Å². The first-order valence-corrected chi connectivity index (χ1v) is 7.77. The van der Waals surface area contributed by atoms with Gasteiger partial charge in [-0.3, -0.25) is 0 Å². The lowest BCUT2D eigenvalue weighted by atomic mass is 10.2. The molecule has 2 aromatic heterocycles. The minimum Gasteiger partial charge on any atom is -0.366 e. The van der Waals surface area contributed by atoms with E-state index < -0.39 is 11.9 Å². The van der Waals surface area contributed by atoms with Crippen LogP contribution in [0.4, 0.5) is 19.0 Å². The quantitative estimate of drug-likeness (QED) is 0.730. The molecule has 5 nitrogen and oxygen atoms in total. The van der Waals surface area contributed by atoms with Crippen LogP contribution >= 0.6 is 11.6 Å². The third-order valence-corrected chi connectivity index (χ3v) is 3.81. The maximum atomic E-state index is 12.6. The van der Waals surface area contributed by atoms with Crippen molar-refractivity contribution >= 4 is 17.4 Å². The van der Waals surface area contributed by atoms with Crippen LogP contribution in [0.15, 0.2) is 48.7 Å². The van der Waals surface area contributed by atoms with Gasteiger partial charge in [-0.15, -0.1) is 0 Å². The molecule has 0 saturated carbocycles. The van der Waals surface area contributed by atoms with E-state index >= 15 is 0 Å². The summed E-state index contributed by atoms with van der Waals surface area (Å²) in [5.74, 6) is 0.497. The number of hydrogen-bond acceptors (Lipinski definition) is 4. The molecular formula is C17H11ClF3N5. The summed E-state index contributed by atoms with van der Waals surface area (Å²) in [6.07, 6.45) is -3.21. The van der Waals surface area contributed by atoms with Crippen molar-refractivity contribution in [3.63, 3.8) is 0 Å². The van der Waals surface area contributed by atoms with Crippen molar-refractivity contribution in [1.82, 2.24) is 14.8 Å². The number of aromatic nitrogens is 3. The molecule has 0 spiro atoms. The molecule has 3 aromatic rings. The summed E-state index contributed by atoms with van der Waals surface area (Å²) in [7, 11) is 0. The summed E-state index contributed by atoms with van der Waals surface area (Å²) < 4.78 is 39.0. The highest BCUT2D eigenvalue weighted by molar-refractivity contribution is 6.31. The van der Waals surface area contributed by atoms with Crippen LogP contribution < -0.4 is 5.32 Å². The number of benzene rings is 1. The number of hydrogen-bond donors (Lipinski definition) is 1. The van der Waals surface area contributed by atoms with Crippen LogP contribution in [0.3, 0.4) is 0 Å². The van der Waals surface area contributed by atoms with Crippen LogP contribution in [0, 0.1) is 11.3 Å². The largest absolute Gasteiger partial charge is 0.435 e. The second kappa shape index (κ2) is 7.06. The number of nitriles is 1. The monoisotopic (exact) mass is 377 g/mol. The summed E-state index contributed by atoms with van der Waals surface area (Å²) in [6.45, 7) is 0.423. The third-order valence-electron chi connectivity index (χ3n) is 3.51. The Morgan fingerprint density at radius 3 is 2.46 bits per heavy atom. The average Bonchev–Trinajstić information content (AvgIpc) is 3.12. The third kappa shape index (κ3) is 3.95. The Bertz CT molecular complexity index is 958. The molecule has 2 heterocycles. The number of alkyl halides is 3. The lowest BCUT2D eigenvalue weighted by Gasteiger charge is -2.08. The molecule has 9 heteroatoms. The molecule has 0 aliphatic carbocycles. The van der Waals surface area contributed by atoms with E-state index in [-0.39, 0.29) is 10.7 Å². The molecule has 0 aliphatic rings. The minimum atomic E-state index is -4.47. The normalized spacial score (nSPS) is 11.2. The molecule has 0 amide bonds. The number of pyridine rings is 1. The van der Waals surface area contributed by atoms with E-state index in [1.54, 1.807) is 36.4 Å². The Morgan fingerprint density at radius 1 is 1.12 bits per heavy atom. The Kier molecular flexibility index (Phi) is 4.82. The van der Waals surface area contributed by atoms with Crippen molar-refractivity contribution in [2.24, 2.45) is 0 Å². The van der Waals surface area contributed by atoms with Gasteiger partial charge < -0.3 is 5.32 Å². The summed E-state index contributed by atoms with van der Waals surface area (Å²) in [5, 5.41) is 15.8. The summed E-state index contributed by atoms with van der Waals surface area (Å²) in [4.78, 5) is 4.07. The first-order valence-electron chi connectivity index (χ1n) is 7.39. The highest BCUT2D eigenvalue weighted by atomic mass is 35.5. The van der Waals surface area contributed by atoms with E-state index in [1.807, 2.05) is 6.07 Å². The number of rotatable bonds is 4. The van der Waals surface area contributed by atoms with Crippen LogP contribution in [-0.2, 0) is 12.7 Å². The van der Waals surface area contributed by atoms with Gasteiger partial charge in [0.2, 0.25) is 0 Å². The van der Waals surface area contributed by atoms with Crippen molar-refractivity contribution in [3.8, 4) is 11.8 Å². The van der Waals surface area contributed by atoms with Crippen molar-refractivity contribution in [2.45, 2.75) is 12.7 Å². The summed E-state index contributed by atoms with van der Waals surface area (Å²) in [5.41, 5.74) is 0.587. The van der Waals surface area contributed by atoms with Crippen LogP contribution in [0.2, 0.25) is 5.02 Å². The van der Waals surface area contributed by atoms with Gasteiger partial charge in [-0.2, -0.15) is 23.5 Å². The Hall–Kier alpha value is -3.05. The fraction of sp³-hybridized carbons (Fsp3) is 0.118. The molecule has 26 heavy (non-hydrogen) atoms. The smallest absolute Gasteiger partial charge is 0.366 e. The van der Waals surface area contributed by atoms with Crippen molar-refractivity contribution < 1.29 is 13.2 Å².